The Balaban J connectivity index is 5.22. The number of rotatable bonds is 3. The molecule has 0 aliphatic carbocycles. The molecule has 0 unspecified atom stereocenters. The van der Waals surface area contributed by atoms with Crippen LogP contribution < -0.4 is 0 Å². The SMILES string of the molecule is C[SiH](C)[Si](O)([Si](C)(C)C)[Si](C)(C)C. The van der Waals surface area contributed by atoms with Gasteiger partial charge in [0, 0.05) is 0 Å². The average Bonchev–Trinajstić information content (AvgIpc) is 1.80. The molecular formula is C8H26OSi4. The molecule has 0 aromatic carbocycles. The van der Waals surface area contributed by atoms with E-state index in [4.69, 9.17) is 0 Å². The van der Waals surface area contributed by atoms with Crippen molar-refractivity contribution in [2.24, 2.45) is 0 Å². The summed E-state index contributed by atoms with van der Waals surface area (Å²) in [6, 6.07) is 0. The van der Waals surface area contributed by atoms with E-state index in [1.807, 2.05) is 0 Å². The molecule has 80 valence electrons. The van der Waals surface area contributed by atoms with Crippen LogP contribution in [0.15, 0.2) is 0 Å². The Morgan fingerprint density at radius 1 is 0.769 bits per heavy atom. The minimum Gasteiger partial charge on any atom is -0.440 e. The second-order valence-electron chi connectivity index (χ2n) is 6.42. The summed E-state index contributed by atoms with van der Waals surface area (Å²) < 4.78 is 0. The van der Waals surface area contributed by atoms with Gasteiger partial charge in [-0.2, -0.15) is 0 Å². The molecule has 13 heavy (non-hydrogen) atoms. The summed E-state index contributed by atoms with van der Waals surface area (Å²) in [5.74, 6) is 0. The summed E-state index contributed by atoms with van der Waals surface area (Å²) >= 11 is 0. The summed E-state index contributed by atoms with van der Waals surface area (Å²) in [4.78, 5) is 11.1. The van der Waals surface area contributed by atoms with Crippen LogP contribution in [0.3, 0.4) is 0 Å². The first kappa shape index (κ1) is 13.8. The molecule has 0 bridgehead atoms. The van der Waals surface area contributed by atoms with E-state index in [2.05, 4.69) is 52.4 Å². The molecule has 0 aromatic rings. The minimum atomic E-state index is -1.81. The van der Waals surface area contributed by atoms with Gasteiger partial charge in [-0.1, -0.05) is 52.4 Å². The van der Waals surface area contributed by atoms with Gasteiger partial charge in [0.15, 0.2) is 0 Å². The van der Waals surface area contributed by atoms with Crippen molar-refractivity contribution in [2.75, 3.05) is 0 Å². The summed E-state index contributed by atoms with van der Waals surface area (Å²) in [6.07, 6.45) is 0. The maximum Gasteiger partial charge on any atom is 0.150 e. The molecule has 0 aliphatic heterocycles. The van der Waals surface area contributed by atoms with Gasteiger partial charge < -0.3 is 4.80 Å². The van der Waals surface area contributed by atoms with Crippen LogP contribution in [0.1, 0.15) is 0 Å². The summed E-state index contributed by atoms with van der Waals surface area (Å²) in [5.41, 5.74) is 0. The zero-order chi connectivity index (χ0) is 11.1. The molecule has 0 saturated heterocycles. The van der Waals surface area contributed by atoms with E-state index in [0.717, 1.165) is 0 Å². The third-order valence-electron chi connectivity index (χ3n) is 3.12. The van der Waals surface area contributed by atoms with Crippen LogP contribution in [-0.4, -0.2) is 35.2 Å². The van der Waals surface area contributed by atoms with E-state index in [1.165, 1.54) is 0 Å². The first-order chi connectivity index (χ1) is 5.44. The minimum absolute atomic E-state index is 0.833. The van der Waals surface area contributed by atoms with Gasteiger partial charge in [-0.05, 0) is 0 Å². The third-order valence-corrected chi connectivity index (χ3v) is 67.6. The molecule has 0 amide bonds. The Morgan fingerprint density at radius 3 is 1.00 bits per heavy atom. The lowest BCUT2D eigenvalue weighted by Gasteiger charge is -2.48. The molecule has 0 heterocycles. The summed E-state index contributed by atoms with van der Waals surface area (Å²) in [6.45, 7) is 17.2. The molecule has 0 aromatic heterocycles. The topological polar surface area (TPSA) is 20.2 Å². The highest BCUT2D eigenvalue weighted by Gasteiger charge is 2.56. The molecular weight excluding hydrogens is 224 g/mol. The lowest BCUT2D eigenvalue weighted by molar-refractivity contribution is 0.596. The molecule has 0 rings (SSSR count). The Kier molecular flexibility index (Phi) is 4.01. The first-order valence-electron chi connectivity index (χ1n) is 5.17. The Morgan fingerprint density at radius 2 is 1.00 bits per heavy atom. The van der Waals surface area contributed by atoms with Crippen LogP contribution in [0, 0.1) is 0 Å². The van der Waals surface area contributed by atoms with E-state index in [9.17, 15) is 4.80 Å². The zero-order valence-electron chi connectivity index (χ0n) is 10.5. The molecule has 0 fully saturated rings. The molecule has 5 heteroatoms. The van der Waals surface area contributed by atoms with Crippen LogP contribution in [0.4, 0.5) is 0 Å². The lowest BCUT2D eigenvalue weighted by Crippen LogP contribution is -2.78. The monoisotopic (exact) mass is 250 g/mol. The normalized spacial score (nSPS) is 15.2. The van der Waals surface area contributed by atoms with E-state index in [1.54, 1.807) is 0 Å². The van der Waals surface area contributed by atoms with Crippen molar-refractivity contribution in [1.29, 1.82) is 0 Å². The molecule has 0 radical (unpaired) electrons. The second-order valence-corrected chi connectivity index (χ2v) is 43.8. The van der Waals surface area contributed by atoms with Crippen molar-refractivity contribution in [3.8, 4) is 0 Å². The molecule has 0 saturated carbocycles. The lowest BCUT2D eigenvalue weighted by atomic mass is 11.8. The van der Waals surface area contributed by atoms with E-state index in [0.29, 0.717) is 0 Å². The quantitative estimate of drug-likeness (QED) is 0.763. The molecule has 1 nitrogen and oxygen atoms in total. The maximum atomic E-state index is 11.1. The van der Waals surface area contributed by atoms with Gasteiger partial charge in [-0.3, -0.25) is 0 Å². The van der Waals surface area contributed by atoms with Crippen LogP contribution in [0.25, 0.3) is 0 Å². The second kappa shape index (κ2) is 3.77. The highest BCUT2D eigenvalue weighted by atomic mass is 29.9. The number of hydrogen-bond donors (Lipinski definition) is 1. The number of hydrogen-bond acceptors (Lipinski definition) is 1. The highest BCUT2D eigenvalue weighted by Crippen LogP contribution is 2.28. The van der Waals surface area contributed by atoms with Crippen LogP contribution in [-0.2, 0) is 0 Å². The smallest absolute Gasteiger partial charge is 0.150 e. The van der Waals surface area contributed by atoms with Crippen molar-refractivity contribution in [3.05, 3.63) is 0 Å². The molecule has 0 atom stereocenters. The highest BCUT2D eigenvalue weighted by molar-refractivity contribution is 7.83. The van der Waals surface area contributed by atoms with Gasteiger partial charge in [0.25, 0.3) is 0 Å². The van der Waals surface area contributed by atoms with Crippen LogP contribution >= 0.6 is 0 Å². The molecule has 0 aliphatic rings. The maximum absolute atomic E-state index is 11.1. The van der Waals surface area contributed by atoms with Crippen molar-refractivity contribution in [3.63, 3.8) is 0 Å². The van der Waals surface area contributed by atoms with Crippen LogP contribution in [0.5, 0.6) is 0 Å². The Labute approximate surface area is 87.7 Å². The van der Waals surface area contributed by atoms with Crippen molar-refractivity contribution < 1.29 is 4.80 Å². The fourth-order valence-electron chi connectivity index (χ4n) is 2.86. The zero-order valence-corrected chi connectivity index (χ0v) is 14.7. The predicted molar refractivity (Wildman–Crippen MR) is 73.5 cm³/mol. The third kappa shape index (κ3) is 2.44. The summed E-state index contributed by atoms with van der Waals surface area (Å²) in [7, 11) is -3.42. The standard InChI is InChI=1S/C8H26OSi4/c1-10(2)13(9,11(3,4)5)12(6,7)8/h9-10H,1-8H3. The predicted octanol–water partition coefficient (Wildman–Crippen LogP) is 2.32. The fourth-order valence-corrected chi connectivity index (χ4v) is 77.1. The van der Waals surface area contributed by atoms with E-state index in [-0.39, 0.29) is 0 Å². The van der Waals surface area contributed by atoms with Gasteiger partial charge in [-0.25, -0.2) is 0 Å². The molecule has 1 N–H and O–H groups in total. The van der Waals surface area contributed by atoms with E-state index < -0.39 is 30.4 Å². The van der Waals surface area contributed by atoms with Gasteiger partial charge in [0.1, 0.15) is 6.87 Å². The summed E-state index contributed by atoms with van der Waals surface area (Å²) in [5, 5.41) is 0. The van der Waals surface area contributed by atoms with Crippen molar-refractivity contribution in [1.82, 2.24) is 0 Å². The Bertz CT molecular complexity index is 164. The van der Waals surface area contributed by atoms with E-state index >= 15 is 0 Å². The van der Waals surface area contributed by atoms with Crippen LogP contribution in [0.2, 0.25) is 52.4 Å². The van der Waals surface area contributed by atoms with Crippen molar-refractivity contribution in [2.45, 2.75) is 52.4 Å². The van der Waals surface area contributed by atoms with Gasteiger partial charge in [0.2, 0.25) is 0 Å². The van der Waals surface area contributed by atoms with Gasteiger partial charge in [0.05, 0.1) is 23.5 Å². The van der Waals surface area contributed by atoms with Gasteiger partial charge >= 0.3 is 0 Å². The van der Waals surface area contributed by atoms with Gasteiger partial charge in [-0.15, -0.1) is 0 Å². The Hall–Kier alpha value is 0.828. The average molecular weight is 251 g/mol. The fraction of sp³-hybridized carbons (Fsp3) is 1.00. The largest absolute Gasteiger partial charge is 0.440 e. The first-order valence-corrected chi connectivity index (χ1v) is 20.2. The van der Waals surface area contributed by atoms with Crippen molar-refractivity contribution >= 4 is 30.4 Å². The molecule has 0 spiro atoms.